The van der Waals surface area contributed by atoms with Gasteiger partial charge < -0.3 is 15.8 Å². The Kier molecular flexibility index (Phi) is 3.26. The zero-order valence-electron chi connectivity index (χ0n) is 9.13. The Hall–Kier alpha value is -0.610. The molecule has 0 heterocycles. The molecule has 1 amide bonds. The van der Waals surface area contributed by atoms with Crippen LogP contribution in [0.2, 0.25) is 0 Å². The van der Waals surface area contributed by atoms with Gasteiger partial charge in [-0.15, -0.1) is 0 Å². The molecular formula is C11H20N2O2. The fourth-order valence-corrected chi connectivity index (χ4v) is 2.16. The van der Waals surface area contributed by atoms with Gasteiger partial charge in [0.05, 0.1) is 6.61 Å². The normalized spacial score (nSPS) is 22.5. The molecule has 0 radical (unpaired) electrons. The van der Waals surface area contributed by atoms with Crippen LogP contribution in [0.3, 0.4) is 0 Å². The Morgan fingerprint density at radius 3 is 2.73 bits per heavy atom. The van der Waals surface area contributed by atoms with E-state index in [9.17, 15) is 4.79 Å². The van der Waals surface area contributed by atoms with Crippen molar-refractivity contribution in [2.24, 2.45) is 17.1 Å². The van der Waals surface area contributed by atoms with Gasteiger partial charge in [-0.25, -0.2) is 0 Å². The fourth-order valence-electron chi connectivity index (χ4n) is 2.16. The van der Waals surface area contributed by atoms with Crippen LogP contribution in [0.15, 0.2) is 0 Å². The highest BCUT2D eigenvalue weighted by atomic mass is 16.5. The molecule has 86 valence electrons. The van der Waals surface area contributed by atoms with Gasteiger partial charge >= 0.3 is 0 Å². The summed E-state index contributed by atoms with van der Waals surface area (Å²) in [7, 11) is 0. The van der Waals surface area contributed by atoms with Gasteiger partial charge in [-0.2, -0.15) is 0 Å². The number of rotatable bonds is 7. The van der Waals surface area contributed by atoms with Crippen molar-refractivity contribution in [3.8, 4) is 0 Å². The van der Waals surface area contributed by atoms with Gasteiger partial charge in [0.2, 0.25) is 5.91 Å². The number of ether oxygens (including phenoxy) is 1. The maximum atomic E-state index is 11.4. The largest absolute Gasteiger partial charge is 0.370 e. The average Bonchev–Trinajstić information content (AvgIpc) is 3.06. The zero-order chi connectivity index (χ0) is 10.7. The van der Waals surface area contributed by atoms with Crippen LogP contribution < -0.4 is 11.1 Å². The molecule has 2 rings (SSSR count). The van der Waals surface area contributed by atoms with Gasteiger partial charge in [0, 0.05) is 13.1 Å². The molecule has 0 aliphatic heterocycles. The molecule has 2 fully saturated rings. The van der Waals surface area contributed by atoms with E-state index in [0.717, 1.165) is 12.5 Å². The Morgan fingerprint density at radius 1 is 1.47 bits per heavy atom. The minimum absolute atomic E-state index is 0.00428. The lowest BCUT2D eigenvalue weighted by molar-refractivity contribution is -0.125. The molecule has 0 unspecified atom stereocenters. The van der Waals surface area contributed by atoms with Gasteiger partial charge in [-0.05, 0) is 37.0 Å². The standard InChI is InChI=1S/C11H20N2O2/c12-5-6-15-7-10(14)13-8-11(3-4-11)9-1-2-9/h9H,1-8,12H2,(H,13,14). The number of nitrogens with two attached hydrogens (primary N) is 1. The van der Waals surface area contributed by atoms with Crippen LogP contribution in [0.4, 0.5) is 0 Å². The van der Waals surface area contributed by atoms with Crippen molar-refractivity contribution in [2.75, 3.05) is 26.3 Å². The molecule has 4 nitrogen and oxygen atoms in total. The quantitative estimate of drug-likeness (QED) is 0.595. The summed E-state index contributed by atoms with van der Waals surface area (Å²) >= 11 is 0. The summed E-state index contributed by atoms with van der Waals surface area (Å²) in [5.74, 6) is 0.887. The summed E-state index contributed by atoms with van der Waals surface area (Å²) in [6.45, 7) is 1.93. The summed E-state index contributed by atoms with van der Waals surface area (Å²) in [4.78, 5) is 11.4. The first kappa shape index (κ1) is 10.9. The van der Waals surface area contributed by atoms with Crippen LogP contribution >= 0.6 is 0 Å². The topological polar surface area (TPSA) is 64.3 Å². The zero-order valence-corrected chi connectivity index (χ0v) is 9.13. The third kappa shape index (κ3) is 2.92. The van der Waals surface area contributed by atoms with Gasteiger partial charge in [0.25, 0.3) is 0 Å². The van der Waals surface area contributed by atoms with Gasteiger partial charge in [0.1, 0.15) is 6.61 Å². The third-order valence-corrected chi connectivity index (χ3v) is 3.47. The van der Waals surface area contributed by atoms with Gasteiger partial charge in [-0.1, -0.05) is 0 Å². The monoisotopic (exact) mass is 212 g/mol. The van der Waals surface area contributed by atoms with E-state index in [1.807, 2.05) is 0 Å². The van der Waals surface area contributed by atoms with Crippen molar-refractivity contribution in [2.45, 2.75) is 25.7 Å². The molecule has 0 bridgehead atoms. The lowest BCUT2D eigenvalue weighted by Crippen LogP contribution is -2.34. The summed E-state index contributed by atoms with van der Waals surface area (Å²) in [5, 5.41) is 2.96. The second kappa shape index (κ2) is 4.49. The van der Waals surface area contributed by atoms with Crippen molar-refractivity contribution >= 4 is 5.91 Å². The Balaban J connectivity index is 1.58. The Bertz CT molecular complexity index is 235. The molecular weight excluding hydrogens is 192 g/mol. The van der Waals surface area contributed by atoms with Crippen molar-refractivity contribution < 1.29 is 9.53 Å². The Morgan fingerprint density at radius 2 is 2.20 bits per heavy atom. The van der Waals surface area contributed by atoms with Crippen molar-refractivity contribution in [1.82, 2.24) is 5.32 Å². The van der Waals surface area contributed by atoms with E-state index in [1.54, 1.807) is 0 Å². The maximum absolute atomic E-state index is 11.4. The smallest absolute Gasteiger partial charge is 0.246 e. The molecule has 0 aromatic heterocycles. The Labute approximate surface area is 90.5 Å². The first-order valence-electron chi connectivity index (χ1n) is 5.81. The van der Waals surface area contributed by atoms with E-state index in [1.165, 1.54) is 25.7 Å². The molecule has 0 aromatic rings. The molecule has 0 spiro atoms. The number of hydrogen-bond donors (Lipinski definition) is 2. The van der Waals surface area contributed by atoms with Crippen LogP contribution in [-0.2, 0) is 9.53 Å². The van der Waals surface area contributed by atoms with Crippen molar-refractivity contribution in [1.29, 1.82) is 0 Å². The van der Waals surface area contributed by atoms with Crippen molar-refractivity contribution in [3.63, 3.8) is 0 Å². The minimum atomic E-state index is -0.00428. The van der Waals surface area contributed by atoms with Crippen LogP contribution in [0, 0.1) is 11.3 Å². The molecule has 0 saturated heterocycles. The predicted octanol–water partition coefficient (Wildman–Crippen LogP) is 0.268. The van der Waals surface area contributed by atoms with Crippen LogP contribution in [0.25, 0.3) is 0 Å². The molecule has 2 aliphatic carbocycles. The lowest BCUT2D eigenvalue weighted by atomic mass is 10.0. The number of hydrogen-bond acceptors (Lipinski definition) is 3. The lowest BCUT2D eigenvalue weighted by Gasteiger charge is -2.14. The summed E-state index contributed by atoms with van der Waals surface area (Å²) in [6.07, 6.45) is 5.31. The molecule has 2 saturated carbocycles. The number of carbonyl (C=O) groups is 1. The molecule has 2 aliphatic rings. The summed E-state index contributed by atoms with van der Waals surface area (Å²) in [6, 6.07) is 0. The highest BCUT2D eigenvalue weighted by Crippen LogP contribution is 2.60. The van der Waals surface area contributed by atoms with E-state index in [4.69, 9.17) is 10.5 Å². The van der Waals surface area contributed by atoms with E-state index in [0.29, 0.717) is 18.6 Å². The fraction of sp³-hybridized carbons (Fsp3) is 0.909. The van der Waals surface area contributed by atoms with E-state index < -0.39 is 0 Å². The SMILES string of the molecule is NCCOCC(=O)NCC1(C2CC2)CC1. The number of carbonyl (C=O) groups excluding carboxylic acids is 1. The van der Waals surface area contributed by atoms with Crippen LogP contribution in [0.1, 0.15) is 25.7 Å². The summed E-state index contributed by atoms with van der Waals surface area (Å²) in [5.41, 5.74) is 5.73. The van der Waals surface area contributed by atoms with E-state index >= 15 is 0 Å². The van der Waals surface area contributed by atoms with Crippen LogP contribution in [0.5, 0.6) is 0 Å². The first-order valence-corrected chi connectivity index (χ1v) is 5.81. The van der Waals surface area contributed by atoms with E-state index in [2.05, 4.69) is 5.32 Å². The number of nitrogens with one attached hydrogen (secondary N) is 1. The minimum Gasteiger partial charge on any atom is -0.370 e. The van der Waals surface area contributed by atoms with Crippen LogP contribution in [-0.4, -0.2) is 32.2 Å². The van der Waals surface area contributed by atoms with Crippen molar-refractivity contribution in [3.05, 3.63) is 0 Å². The third-order valence-electron chi connectivity index (χ3n) is 3.47. The highest BCUT2D eigenvalue weighted by molar-refractivity contribution is 5.77. The summed E-state index contributed by atoms with van der Waals surface area (Å²) < 4.78 is 5.07. The molecule has 0 atom stereocenters. The molecule has 15 heavy (non-hydrogen) atoms. The second-order valence-corrected chi connectivity index (χ2v) is 4.75. The molecule has 3 N–H and O–H groups in total. The average molecular weight is 212 g/mol. The first-order chi connectivity index (χ1) is 7.27. The molecule has 4 heteroatoms. The maximum Gasteiger partial charge on any atom is 0.246 e. The van der Waals surface area contributed by atoms with E-state index in [-0.39, 0.29) is 12.5 Å². The van der Waals surface area contributed by atoms with Gasteiger partial charge in [0.15, 0.2) is 0 Å². The number of amides is 1. The predicted molar refractivity (Wildman–Crippen MR) is 57.3 cm³/mol. The second-order valence-electron chi connectivity index (χ2n) is 4.75. The highest BCUT2D eigenvalue weighted by Gasteiger charge is 2.53. The van der Waals surface area contributed by atoms with Gasteiger partial charge in [-0.3, -0.25) is 4.79 Å². The molecule has 0 aromatic carbocycles.